The number of allylic oxidation sites excluding steroid dienone is 3. The van der Waals surface area contributed by atoms with Crippen molar-refractivity contribution >= 4 is 18.2 Å². The summed E-state index contributed by atoms with van der Waals surface area (Å²) in [5, 5.41) is 0. The van der Waals surface area contributed by atoms with Crippen molar-refractivity contribution in [2.24, 2.45) is 0 Å². The number of benzene rings is 2. The van der Waals surface area contributed by atoms with Gasteiger partial charge in [-0.3, -0.25) is 0 Å². The molecular formula is C28H32BN3O2. The molecule has 1 fully saturated rings. The molecule has 1 aliphatic rings. The van der Waals surface area contributed by atoms with Crippen LogP contribution in [0.25, 0.3) is 28.3 Å². The van der Waals surface area contributed by atoms with E-state index in [0.29, 0.717) is 17.5 Å². The van der Waals surface area contributed by atoms with Crippen LogP contribution in [0.1, 0.15) is 53.3 Å². The molecule has 6 heteroatoms. The molecule has 1 aliphatic heterocycles. The van der Waals surface area contributed by atoms with E-state index in [9.17, 15) is 0 Å². The molecule has 1 aromatic heterocycles. The minimum atomic E-state index is -0.451. The van der Waals surface area contributed by atoms with Gasteiger partial charge in [-0.25, -0.2) is 15.0 Å². The van der Waals surface area contributed by atoms with Crippen LogP contribution in [0.15, 0.2) is 73.3 Å². The Balaban J connectivity index is 1.79. The number of nitrogens with zero attached hydrogens (tertiary/aromatic N) is 3. The third-order valence-corrected chi connectivity index (χ3v) is 6.47. The van der Waals surface area contributed by atoms with Gasteiger partial charge in [0.1, 0.15) is 0 Å². The van der Waals surface area contributed by atoms with E-state index < -0.39 is 18.3 Å². The molecule has 0 bridgehead atoms. The summed E-state index contributed by atoms with van der Waals surface area (Å²) in [7, 11) is -0.451. The van der Waals surface area contributed by atoms with E-state index in [1.54, 1.807) is 0 Å². The van der Waals surface area contributed by atoms with Gasteiger partial charge in [-0.1, -0.05) is 86.7 Å². The fourth-order valence-corrected chi connectivity index (χ4v) is 3.72. The molecule has 3 aromatic rings. The van der Waals surface area contributed by atoms with Gasteiger partial charge in [-0.15, -0.1) is 0 Å². The van der Waals surface area contributed by atoms with Crippen LogP contribution in [0.5, 0.6) is 0 Å². The third-order valence-electron chi connectivity index (χ3n) is 6.47. The van der Waals surface area contributed by atoms with Gasteiger partial charge in [0, 0.05) is 16.7 Å². The van der Waals surface area contributed by atoms with E-state index in [1.165, 1.54) is 0 Å². The molecule has 2 aromatic carbocycles. The highest BCUT2D eigenvalue weighted by molar-refractivity contribution is 6.62. The van der Waals surface area contributed by atoms with E-state index >= 15 is 0 Å². The maximum Gasteiger partial charge on any atom is 0.494 e. The van der Waals surface area contributed by atoms with Gasteiger partial charge in [0.2, 0.25) is 0 Å². The first-order valence-electron chi connectivity index (χ1n) is 11.8. The van der Waals surface area contributed by atoms with Gasteiger partial charge in [-0.05, 0) is 39.6 Å². The Kier molecular flexibility index (Phi) is 6.83. The van der Waals surface area contributed by atoms with Crippen molar-refractivity contribution in [3.8, 4) is 22.8 Å². The minimum Gasteiger partial charge on any atom is -0.399 e. The van der Waals surface area contributed by atoms with Crippen LogP contribution in [-0.4, -0.2) is 33.3 Å². The Morgan fingerprint density at radius 1 is 0.882 bits per heavy atom. The summed E-state index contributed by atoms with van der Waals surface area (Å²) in [6.07, 6.45) is 5.91. The summed E-state index contributed by atoms with van der Waals surface area (Å²) in [5.41, 5.74) is 2.85. The van der Waals surface area contributed by atoms with Crippen LogP contribution in [-0.2, 0) is 9.31 Å². The number of hydrogen-bond donors (Lipinski definition) is 0. The first-order valence-corrected chi connectivity index (χ1v) is 11.8. The number of rotatable bonds is 7. The molecule has 0 N–H and O–H groups in total. The van der Waals surface area contributed by atoms with Crippen LogP contribution < -0.4 is 5.46 Å². The van der Waals surface area contributed by atoms with E-state index in [1.807, 2.05) is 60.7 Å². The van der Waals surface area contributed by atoms with Crippen LogP contribution in [0.4, 0.5) is 0 Å². The molecule has 5 nitrogen and oxygen atoms in total. The summed E-state index contributed by atoms with van der Waals surface area (Å²) in [5.74, 6) is 1.85. The van der Waals surface area contributed by atoms with E-state index in [2.05, 4.69) is 47.3 Å². The van der Waals surface area contributed by atoms with Crippen molar-refractivity contribution in [2.75, 3.05) is 0 Å². The first kappa shape index (κ1) is 24.1. The van der Waals surface area contributed by atoms with E-state index in [0.717, 1.165) is 35.0 Å². The summed E-state index contributed by atoms with van der Waals surface area (Å²) in [6.45, 7) is 14.4. The second-order valence-electron chi connectivity index (χ2n) is 9.54. The maximum absolute atomic E-state index is 6.26. The van der Waals surface area contributed by atoms with Gasteiger partial charge in [0.25, 0.3) is 0 Å². The fourth-order valence-electron chi connectivity index (χ4n) is 3.72. The molecule has 174 valence electrons. The Morgan fingerprint density at radius 3 is 2.12 bits per heavy atom. The molecule has 0 radical (unpaired) electrons. The van der Waals surface area contributed by atoms with Crippen molar-refractivity contribution in [3.05, 3.63) is 79.2 Å². The third kappa shape index (κ3) is 4.89. The quantitative estimate of drug-likeness (QED) is 0.331. The standard InChI is InChI=1S/C28H32BN3O2/c1-7-9-14-20(8-2)24-30-25(21-15-11-10-12-16-21)32-26(31-24)22-17-13-18-23(19-22)29-33-27(3,4)28(5,6)34-29/h8,10-19H,2,7,9H2,1,3-6H3/b20-14+. The van der Waals surface area contributed by atoms with Crippen LogP contribution in [0.2, 0.25) is 0 Å². The number of aromatic nitrogens is 3. The average molecular weight is 453 g/mol. The molecule has 1 saturated heterocycles. The lowest BCUT2D eigenvalue weighted by Crippen LogP contribution is -2.41. The maximum atomic E-state index is 6.26. The van der Waals surface area contributed by atoms with Crippen molar-refractivity contribution < 1.29 is 9.31 Å². The molecule has 34 heavy (non-hydrogen) atoms. The molecule has 0 aliphatic carbocycles. The highest BCUT2D eigenvalue weighted by Crippen LogP contribution is 2.36. The zero-order valence-corrected chi connectivity index (χ0v) is 20.7. The Labute approximate surface area is 203 Å². The highest BCUT2D eigenvalue weighted by atomic mass is 16.7. The van der Waals surface area contributed by atoms with Crippen molar-refractivity contribution in [1.29, 1.82) is 0 Å². The van der Waals surface area contributed by atoms with Crippen LogP contribution in [0.3, 0.4) is 0 Å². The summed E-state index contributed by atoms with van der Waals surface area (Å²) >= 11 is 0. The molecule has 2 heterocycles. The minimum absolute atomic E-state index is 0.405. The number of unbranched alkanes of at least 4 members (excludes halogenated alkanes) is 1. The van der Waals surface area contributed by atoms with Gasteiger partial charge >= 0.3 is 7.12 Å². The summed E-state index contributed by atoms with van der Waals surface area (Å²) in [6, 6.07) is 18.0. The molecule has 0 unspecified atom stereocenters. The molecule has 0 amide bonds. The Hall–Kier alpha value is -3.09. The normalized spacial score (nSPS) is 17.1. The van der Waals surface area contributed by atoms with E-state index in [4.69, 9.17) is 24.3 Å². The van der Waals surface area contributed by atoms with Crippen molar-refractivity contribution in [2.45, 2.75) is 58.7 Å². The molecule has 0 atom stereocenters. The monoisotopic (exact) mass is 453 g/mol. The Bertz CT molecular complexity index is 1190. The van der Waals surface area contributed by atoms with Gasteiger partial charge < -0.3 is 9.31 Å². The largest absolute Gasteiger partial charge is 0.494 e. The fraction of sp³-hybridized carbons (Fsp3) is 0.321. The summed E-state index contributed by atoms with van der Waals surface area (Å²) in [4.78, 5) is 14.4. The smallest absolute Gasteiger partial charge is 0.399 e. The second-order valence-corrected chi connectivity index (χ2v) is 9.54. The molecular weight excluding hydrogens is 421 g/mol. The molecule has 0 saturated carbocycles. The SMILES string of the molecule is C=C/C(=C\CCC)c1nc(-c2ccccc2)nc(-c2cccc(B3OC(C)(C)C(C)(C)O3)c2)n1. The molecule has 4 rings (SSSR count). The Morgan fingerprint density at radius 2 is 1.50 bits per heavy atom. The zero-order chi connectivity index (χ0) is 24.3. The van der Waals surface area contributed by atoms with Crippen molar-refractivity contribution in [3.63, 3.8) is 0 Å². The number of hydrogen-bond acceptors (Lipinski definition) is 5. The first-order chi connectivity index (χ1) is 16.2. The lowest BCUT2D eigenvalue weighted by Gasteiger charge is -2.32. The lowest BCUT2D eigenvalue weighted by atomic mass is 9.78. The predicted octanol–water partition coefficient (Wildman–Crippen LogP) is 5.87. The average Bonchev–Trinajstić information content (AvgIpc) is 3.07. The topological polar surface area (TPSA) is 57.1 Å². The van der Waals surface area contributed by atoms with Crippen LogP contribution in [0, 0.1) is 0 Å². The van der Waals surface area contributed by atoms with Gasteiger partial charge in [-0.2, -0.15) is 0 Å². The highest BCUT2D eigenvalue weighted by Gasteiger charge is 2.51. The molecule has 0 spiro atoms. The zero-order valence-electron chi connectivity index (χ0n) is 20.7. The van der Waals surface area contributed by atoms with Gasteiger partial charge in [0.05, 0.1) is 11.2 Å². The van der Waals surface area contributed by atoms with Crippen molar-refractivity contribution in [1.82, 2.24) is 15.0 Å². The summed E-state index contributed by atoms with van der Waals surface area (Å²) < 4.78 is 12.5. The predicted molar refractivity (Wildman–Crippen MR) is 139 cm³/mol. The lowest BCUT2D eigenvalue weighted by molar-refractivity contribution is 0.00578. The second kappa shape index (κ2) is 9.65. The van der Waals surface area contributed by atoms with Crippen LogP contribution >= 0.6 is 0 Å². The van der Waals surface area contributed by atoms with E-state index in [-0.39, 0.29) is 0 Å². The van der Waals surface area contributed by atoms with Gasteiger partial charge in [0.15, 0.2) is 17.5 Å².